The molecule has 148 valence electrons. The summed E-state index contributed by atoms with van der Waals surface area (Å²) >= 11 is 0. The second kappa shape index (κ2) is 8.74. The first-order chi connectivity index (χ1) is 13.7. The Balaban J connectivity index is 1.23. The molecule has 2 atom stereocenters. The van der Waals surface area contributed by atoms with Gasteiger partial charge in [-0.2, -0.15) is 0 Å². The maximum absolute atomic E-state index is 14.0. The zero-order chi connectivity index (χ0) is 19.3. The van der Waals surface area contributed by atoms with Crippen LogP contribution in [0.5, 0.6) is 0 Å². The van der Waals surface area contributed by atoms with Crippen molar-refractivity contribution < 1.29 is 4.39 Å². The summed E-state index contributed by atoms with van der Waals surface area (Å²) in [6.07, 6.45) is 3.17. The van der Waals surface area contributed by atoms with E-state index in [2.05, 4.69) is 50.9 Å². The molecule has 0 spiro atoms. The number of guanidine groups is 1. The highest BCUT2D eigenvalue weighted by Gasteiger charge is 2.40. The van der Waals surface area contributed by atoms with Crippen molar-refractivity contribution in [3.8, 4) is 0 Å². The van der Waals surface area contributed by atoms with Gasteiger partial charge in [-0.3, -0.25) is 9.89 Å². The lowest BCUT2D eigenvalue weighted by atomic mass is 10.0. The summed E-state index contributed by atoms with van der Waals surface area (Å²) in [5.74, 6) is 0.975. The van der Waals surface area contributed by atoms with E-state index in [0.717, 1.165) is 50.4 Å². The van der Waals surface area contributed by atoms with E-state index in [1.807, 2.05) is 12.1 Å². The standard InChI is InChI=1S/C23H29FN4/c1-25-23(27-22-15-20(22)19-9-5-6-10-21(19)24)26-18-11-13-28(14-12-18)16-17-7-3-2-4-8-17/h2-10,18,20,22H,11-16H2,1H3,(H2,25,26,27). The molecule has 4 nitrogen and oxygen atoms in total. The van der Waals surface area contributed by atoms with Crippen molar-refractivity contribution in [3.63, 3.8) is 0 Å². The van der Waals surface area contributed by atoms with Crippen LogP contribution in [0.3, 0.4) is 0 Å². The number of aliphatic imine (C=N–C) groups is 1. The molecule has 1 heterocycles. The normalized spacial score (nSPS) is 23.4. The van der Waals surface area contributed by atoms with Gasteiger partial charge in [0.1, 0.15) is 5.82 Å². The Morgan fingerprint density at radius 3 is 2.46 bits per heavy atom. The Hall–Kier alpha value is -2.40. The van der Waals surface area contributed by atoms with E-state index < -0.39 is 0 Å². The minimum Gasteiger partial charge on any atom is -0.354 e. The molecule has 0 amide bonds. The number of hydrogen-bond acceptors (Lipinski definition) is 2. The summed E-state index contributed by atoms with van der Waals surface area (Å²) in [5, 5.41) is 7.04. The maximum atomic E-state index is 14.0. The van der Waals surface area contributed by atoms with Gasteiger partial charge in [0.05, 0.1) is 0 Å². The highest BCUT2D eigenvalue weighted by atomic mass is 19.1. The van der Waals surface area contributed by atoms with Crippen molar-refractivity contribution in [2.24, 2.45) is 4.99 Å². The van der Waals surface area contributed by atoms with E-state index in [0.29, 0.717) is 6.04 Å². The third-order valence-corrected chi connectivity index (χ3v) is 5.82. The van der Waals surface area contributed by atoms with Gasteiger partial charge < -0.3 is 10.6 Å². The van der Waals surface area contributed by atoms with Crippen LogP contribution in [0.4, 0.5) is 4.39 Å². The van der Waals surface area contributed by atoms with Crippen molar-refractivity contribution >= 4 is 5.96 Å². The first kappa shape index (κ1) is 18.9. The number of hydrogen-bond donors (Lipinski definition) is 2. The van der Waals surface area contributed by atoms with Gasteiger partial charge in [0.2, 0.25) is 0 Å². The molecule has 2 aromatic carbocycles. The van der Waals surface area contributed by atoms with Crippen molar-refractivity contribution in [2.45, 2.75) is 43.8 Å². The minimum atomic E-state index is -0.106. The van der Waals surface area contributed by atoms with E-state index in [1.165, 1.54) is 5.56 Å². The highest BCUT2D eigenvalue weighted by molar-refractivity contribution is 5.80. The quantitative estimate of drug-likeness (QED) is 0.616. The monoisotopic (exact) mass is 380 g/mol. The molecule has 1 saturated heterocycles. The molecule has 1 aliphatic carbocycles. The molecule has 2 fully saturated rings. The van der Waals surface area contributed by atoms with Gasteiger partial charge >= 0.3 is 0 Å². The van der Waals surface area contributed by atoms with Gasteiger partial charge in [-0.15, -0.1) is 0 Å². The number of nitrogens with one attached hydrogen (secondary N) is 2. The lowest BCUT2D eigenvalue weighted by Crippen LogP contribution is -2.49. The van der Waals surface area contributed by atoms with E-state index in [4.69, 9.17) is 0 Å². The predicted molar refractivity (Wildman–Crippen MR) is 112 cm³/mol. The molecular formula is C23H29FN4. The largest absolute Gasteiger partial charge is 0.354 e. The summed E-state index contributed by atoms with van der Waals surface area (Å²) in [5.41, 5.74) is 2.18. The van der Waals surface area contributed by atoms with Crippen molar-refractivity contribution in [1.82, 2.24) is 15.5 Å². The summed E-state index contributed by atoms with van der Waals surface area (Å²) in [6.45, 7) is 3.20. The topological polar surface area (TPSA) is 39.7 Å². The molecule has 2 aliphatic rings. The smallest absolute Gasteiger partial charge is 0.191 e. The Morgan fingerprint density at radius 1 is 1.04 bits per heavy atom. The molecule has 0 aromatic heterocycles. The summed E-state index contributed by atoms with van der Waals surface area (Å²) in [4.78, 5) is 6.90. The minimum absolute atomic E-state index is 0.106. The van der Waals surface area contributed by atoms with Gasteiger partial charge in [-0.1, -0.05) is 48.5 Å². The van der Waals surface area contributed by atoms with Crippen molar-refractivity contribution in [2.75, 3.05) is 20.1 Å². The number of benzene rings is 2. The van der Waals surface area contributed by atoms with E-state index >= 15 is 0 Å². The summed E-state index contributed by atoms with van der Waals surface area (Å²) in [7, 11) is 1.81. The fourth-order valence-electron chi connectivity index (χ4n) is 4.09. The van der Waals surface area contributed by atoms with Gasteiger partial charge in [0, 0.05) is 44.7 Å². The maximum Gasteiger partial charge on any atom is 0.191 e. The molecule has 4 rings (SSSR count). The van der Waals surface area contributed by atoms with Crippen LogP contribution < -0.4 is 10.6 Å². The molecule has 0 bridgehead atoms. The molecule has 2 unspecified atom stereocenters. The first-order valence-electron chi connectivity index (χ1n) is 10.2. The Bertz CT molecular complexity index is 799. The van der Waals surface area contributed by atoms with Crippen LogP contribution in [0.15, 0.2) is 59.6 Å². The van der Waals surface area contributed by atoms with Crippen LogP contribution in [0.1, 0.15) is 36.3 Å². The highest BCUT2D eigenvalue weighted by Crippen LogP contribution is 2.41. The molecule has 28 heavy (non-hydrogen) atoms. The average molecular weight is 381 g/mol. The number of rotatable bonds is 5. The van der Waals surface area contributed by atoms with Crippen LogP contribution in [0, 0.1) is 5.82 Å². The van der Waals surface area contributed by atoms with Crippen molar-refractivity contribution in [1.29, 1.82) is 0 Å². The Labute approximate surface area is 166 Å². The number of halogens is 1. The van der Waals surface area contributed by atoms with Gasteiger partial charge in [-0.05, 0) is 36.5 Å². The second-order valence-corrected chi connectivity index (χ2v) is 7.87. The van der Waals surface area contributed by atoms with Crippen LogP contribution in [0.2, 0.25) is 0 Å². The summed E-state index contributed by atoms with van der Waals surface area (Å²) in [6, 6.07) is 18.4. The first-order valence-corrected chi connectivity index (χ1v) is 10.2. The van der Waals surface area contributed by atoms with Crippen LogP contribution in [-0.4, -0.2) is 43.1 Å². The SMILES string of the molecule is CN=C(NC1CCN(Cc2ccccc2)CC1)NC1CC1c1ccccc1F. The lowest BCUT2D eigenvalue weighted by Gasteiger charge is -2.33. The Morgan fingerprint density at radius 2 is 1.75 bits per heavy atom. The third kappa shape index (κ3) is 4.71. The number of piperidine rings is 1. The summed E-state index contributed by atoms with van der Waals surface area (Å²) < 4.78 is 14.0. The fourth-order valence-corrected chi connectivity index (χ4v) is 4.09. The number of nitrogens with zero attached hydrogens (tertiary/aromatic N) is 2. The van der Waals surface area contributed by atoms with E-state index in [9.17, 15) is 4.39 Å². The molecule has 2 N–H and O–H groups in total. The zero-order valence-corrected chi connectivity index (χ0v) is 16.4. The lowest BCUT2D eigenvalue weighted by molar-refractivity contribution is 0.198. The van der Waals surface area contributed by atoms with Crippen LogP contribution in [-0.2, 0) is 6.54 Å². The number of likely N-dealkylation sites (tertiary alicyclic amines) is 1. The van der Waals surface area contributed by atoms with Gasteiger partial charge in [-0.25, -0.2) is 4.39 Å². The third-order valence-electron chi connectivity index (χ3n) is 5.82. The predicted octanol–water partition coefficient (Wildman–Crippen LogP) is 3.51. The molecule has 0 radical (unpaired) electrons. The molecule has 5 heteroatoms. The zero-order valence-electron chi connectivity index (χ0n) is 16.4. The van der Waals surface area contributed by atoms with Crippen LogP contribution in [0.25, 0.3) is 0 Å². The van der Waals surface area contributed by atoms with Crippen LogP contribution >= 0.6 is 0 Å². The molecule has 1 saturated carbocycles. The molecular weight excluding hydrogens is 351 g/mol. The Kier molecular flexibility index (Phi) is 5.91. The molecule has 1 aliphatic heterocycles. The van der Waals surface area contributed by atoms with E-state index in [1.54, 1.807) is 19.2 Å². The van der Waals surface area contributed by atoms with E-state index in [-0.39, 0.29) is 17.8 Å². The molecule has 2 aromatic rings. The average Bonchev–Trinajstić information content (AvgIpc) is 3.49. The van der Waals surface area contributed by atoms with Crippen molar-refractivity contribution in [3.05, 3.63) is 71.5 Å². The van der Waals surface area contributed by atoms with Gasteiger partial charge in [0.15, 0.2) is 5.96 Å². The second-order valence-electron chi connectivity index (χ2n) is 7.87. The van der Waals surface area contributed by atoms with Gasteiger partial charge in [0.25, 0.3) is 0 Å². The fraction of sp³-hybridized carbons (Fsp3) is 0.435.